The van der Waals surface area contributed by atoms with E-state index in [2.05, 4.69) is 15.6 Å². The molecular formula is C11H17N3O3S2. The van der Waals surface area contributed by atoms with E-state index < -0.39 is 5.97 Å². The molecule has 0 saturated heterocycles. The molecule has 0 bridgehead atoms. The van der Waals surface area contributed by atoms with E-state index in [0.717, 1.165) is 12.2 Å². The molecule has 2 amide bonds. The summed E-state index contributed by atoms with van der Waals surface area (Å²) in [5.74, 6) is -0.0618. The average Bonchev–Trinajstić information content (AvgIpc) is 2.83. The second-order valence-corrected chi connectivity index (χ2v) is 5.87. The van der Waals surface area contributed by atoms with E-state index in [1.807, 2.05) is 13.2 Å². The maximum atomic E-state index is 11.6. The molecule has 0 saturated carbocycles. The van der Waals surface area contributed by atoms with Crippen LogP contribution in [0.15, 0.2) is 5.38 Å². The van der Waals surface area contributed by atoms with Gasteiger partial charge in [0.2, 0.25) is 0 Å². The molecular weight excluding hydrogens is 286 g/mol. The third kappa shape index (κ3) is 5.93. The van der Waals surface area contributed by atoms with Crippen molar-refractivity contribution in [2.24, 2.45) is 0 Å². The van der Waals surface area contributed by atoms with E-state index in [1.54, 1.807) is 11.8 Å². The number of thiazole rings is 1. The Bertz CT molecular complexity index is 437. The molecule has 8 heteroatoms. The molecule has 1 heterocycles. The predicted octanol–water partition coefficient (Wildman–Crippen LogP) is 1.78. The highest BCUT2D eigenvalue weighted by Crippen LogP contribution is 2.09. The number of carbonyl (C=O) groups is 2. The molecule has 0 fully saturated rings. The molecule has 106 valence electrons. The van der Waals surface area contributed by atoms with Gasteiger partial charge in [-0.25, -0.2) is 14.6 Å². The maximum absolute atomic E-state index is 11.6. The molecule has 1 atom stereocenters. The maximum Gasteiger partial charge on any atom is 0.355 e. The Balaban J connectivity index is 2.31. The molecule has 19 heavy (non-hydrogen) atoms. The van der Waals surface area contributed by atoms with E-state index in [1.165, 1.54) is 16.7 Å². The summed E-state index contributed by atoms with van der Waals surface area (Å²) in [6.07, 6.45) is 2.93. The zero-order valence-electron chi connectivity index (χ0n) is 10.8. The van der Waals surface area contributed by atoms with Gasteiger partial charge in [0.15, 0.2) is 5.69 Å². The molecule has 0 spiro atoms. The van der Waals surface area contributed by atoms with Crippen molar-refractivity contribution in [2.45, 2.75) is 25.9 Å². The minimum Gasteiger partial charge on any atom is -0.476 e. The Hall–Kier alpha value is -1.28. The number of carbonyl (C=O) groups excluding carboxylic acids is 1. The lowest BCUT2D eigenvalue weighted by Gasteiger charge is -2.13. The quantitative estimate of drug-likeness (QED) is 0.714. The van der Waals surface area contributed by atoms with Gasteiger partial charge in [0, 0.05) is 11.4 Å². The van der Waals surface area contributed by atoms with Crippen molar-refractivity contribution < 1.29 is 14.7 Å². The van der Waals surface area contributed by atoms with Crippen molar-refractivity contribution >= 4 is 35.1 Å². The number of thioether (sulfide) groups is 1. The summed E-state index contributed by atoms with van der Waals surface area (Å²) >= 11 is 2.95. The van der Waals surface area contributed by atoms with Gasteiger partial charge in [-0.1, -0.05) is 0 Å². The molecule has 1 aromatic rings. The van der Waals surface area contributed by atoms with Crippen LogP contribution in [0.5, 0.6) is 0 Å². The van der Waals surface area contributed by atoms with Gasteiger partial charge in [-0.05, 0) is 25.4 Å². The summed E-state index contributed by atoms with van der Waals surface area (Å²) < 4.78 is 0. The summed E-state index contributed by atoms with van der Waals surface area (Å²) in [5.41, 5.74) is 0.00977. The minimum absolute atomic E-state index is 0.00977. The van der Waals surface area contributed by atoms with Crippen molar-refractivity contribution in [3.8, 4) is 0 Å². The van der Waals surface area contributed by atoms with Crippen LogP contribution >= 0.6 is 23.1 Å². The molecule has 3 N–H and O–H groups in total. The second kappa shape index (κ2) is 8.00. The van der Waals surface area contributed by atoms with Crippen LogP contribution in [0, 0.1) is 0 Å². The van der Waals surface area contributed by atoms with E-state index in [4.69, 9.17) is 5.11 Å². The smallest absolute Gasteiger partial charge is 0.355 e. The molecule has 1 rings (SSSR count). The Kier molecular flexibility index (Phi) is 6.65. The fraction of sp³-hybridized carbons (Fsp3) is 0.545. The standard InChI is InChI=1S/C11H17N3O3S2/c1-7(3-4-18-2)13-11(17)12-5-9-14-8(6-19-9)10(15)16/h6-7H,3-5H2,1-2H3,(H,15,16)(H2,12,13,17). The van der Waals surface area contributed by atoms with Crippen LogP contribution in [0.25, 0.3) is 0 Å². The van der Waals surface area contributed by atoms with Crippen LogP contribution in [-0.4, -0.2) is 40.1 Å². The minimum atomic E-state index is -1.06. The molecule has 1 aromatic heterocycles. The Morgan fingerprint density at radius 3 is 2.89 bits per heavy atom. The number of rotatable bonds is 7. The van der Waals surface area contributed by atoms with Crippen molar-refractivity contribution in [3.05, 3.63) is 16.1 Å². The number of aromatic nitrogens is 1. The van der Waals surface area contributed by atoms with Crippen molar-refractivity contribution in [1.29, 1.82) is 0 Å². The molecule has 0 aliphatic rings. The first-order valence-corrected chi connectivity index (χ1v) is 8.01. The summed E-state index contributed by atoms with van der Waals surface area (Å²) in [7, 11) is 0. The normalized spacial score (nSPS) is 11.9. The van der Waals surface area contributed by atoms with E-state index >= 15 is 0 Å². The molecule has 0 aliphatic carbocycles. The SMILES string of the molecule is CSCCC(C)NC(=O)NCc1nc(C(=O)O)cs1. The second-order valence-electron chi connectivity index (χ2n) is 3.94. The van der Waals surface area contributed by atoms with Gasteiger partial charge in [0.05, 0.1) is 6.54 Å². The van der Waals surface area contributed by atoms with Crippen molar-refractivity contribution in [1.82, 2.24) is 15.6 Å². The topological polar surface area (TPSA) is 91.3 Å². The summed E-state index contributed by atoms with van der Waals surface area (Å²) in [4.78, 5) is 26.1. The molecule has 0 radical (unpaired) electrons. The van der Waals surface area contributed by atoms with Gasteiger partial charge in [-0.15, -0.1) is 11.3 Å². The molecule has 0 aliphatic heterocycles. The third-order valence-electron chi connectivity index (χ3n) is 2.30. The number of nitrogens with zero attached hydrogens (tertiary/aromatic N) is 1. The van der Waals surface area contributed by atoms with Gasteiger partial charge in [-0.3, -0.25) is 0 Å². The van der Waals surface area contributed by atoms with Gasteiger partial charge >= 0.3 is 12.0 Å². The summed E-state index contributed by atoms with van der Waals surface area (Å²) in [5, 5.41) is 16.2. The monoisotopic (exact) mass is 303 g/mol. The van der Waals surface area contributed by atoms with Gasteiger partial charge in [-0.2, -0.15) is 11.8 Å². The van der Waals surface area contributed by atoms with Gasteiger partial charge in [0.25, 0.3) is 0 Å². The Morgan fingerprint density at radius 2 is 2.32 bits per heavy atom. The van der Waals surface area contributed by atoms with E-state index in [0.29, 0.717) is 5.01 Å². The van der Waals surface area contributed by atoms with Crippen LogP contribution in [0.4, 0.5) is 4.79 Å². The van der Waals surface area contributed by atoms with Crippen LogP contribution in [0.3, 0.4) is 0 Å². The lowest BCUT2D eigenvalue weighted by atomic mass is 10.3. The summed E-state index contributed by atoms with van der Waals surface area (Å²) in [6, 6.07) is -0.154. The first kappa shape index (κ1) is 15.8. The highest BCUT2D eigenvalue weighted by Gasteiger charge is 2.10. The van der Waals surface area contributed by atoms with Gasteiger partial charge in [0.1, 0.15) is 5.01 Å². The van der Waals surface area contributed by atoms with Gasteiger partial charge < -0.3 is 15.7 Å². The van der Waals surface area contributed by atoms with Crippen molar-refractivity contribution in [2.75, 3.05) is 12.0 Å². The van der Waals surface area contributed by atoms with Crippen LogP contribution in [0.2, 0.25) is 0 Å². The number of hydrogen-bond donors (Lipinski definition) is 3. The predicted molar refractivity (Wildman–Crippen MR) is 76.9 cm³/mol. The first-order valence-electron chi connectivity index (χ1n) is 5.74. The van der Waals surface area contributed by atoms with Crippen LogP contribution in [-0.2, 0) is 6.54 Å². The summed E-state index contributed by atoms with van der Waals surface area (Å²) in [6.45, 7) is 2.18. The zero-order valence-corrected chi connectivity index (χ0v) is 12.4. The number of carboxylic acids is 1. The van der Waals surface area contributed by atoms with Crippen LogP contribution in [0.1, 0.15) is 28.8 Å². The number of amides is 2. The fourth-order valence-corrected chi connectivity index (χ4v) is 2.58. The number of aromatic carboxylic acids is 1. The Morgan fingerprint density at radius 1 is 1.58 bits per heavy atom. The fourth-order valence-electron chi connectivity index (χ4n) is 1.29. The highest BCUT2D eigenvalue weighted by molar-refractivity contribution is 7.98. The van der Waals surface area contributed by atoms with E-state index in [9.17, 15) is 9.59 Å². The molecule has 6 nitrogen and oxygen atoms in total. The lowest BCUT2D eigenvalue weighted by molar-refractivity contribution is 0.0691. The molecule has 1 unspecified atom stereocenters. The van der Waals surface area contributed by atoms with E-state index in [-0.39, 0.29) is 24.3 Å². The highest BCUT2D eigenvalue weighted by atomic mass is 32.2. The molecule has 0 aromatic carbocycles. The first-order chi connectivity index (χ1) is 9.02. The number of urea groups is 1. The number of hydrogen-bond acceptors (Lipinski definition) is 5. The zero-order chi connectivity index (χ0) is 14.3. The van der Waals surface area contributed by atoms with Crippen molar-refractivity contribution in [3.63, 3.8) is 0 Å². The number of carboxylic acid groups (broad SMARTS) is 1. The average molecular weight is 303 g/mol. The largest absolute Gasteiger partial charge is 0.476 e. The Labute approximate surface area is 120 Å². The lowest BCUT2D eigenvalue weighted by Crippen LogP contribution is -2.40. The number of nitrogens with one attached hydrogen (secondary N) is 2. The third-order valence-corrected chi connectivity index (χ3v) is 3.80. The van der Waals surface area contributed by atoms with Crippen LogP contribution < -0.4 is 10.6 Å².